The molecule has 1 N–H and O–H groups in total. The highest BCUT2D eigenvalue weighted by Crippen LogP contribution is 2.23. The molecular formula is C13H18O. The molecule has 1 rings (SSSR count). The van der Waals surface area contributed by atoms with Crippen LogP contribution in [0.2, 0.25) is 0 Å². The highest BCUT2D eigenvalue weighted by molar-refractivity contribution is 5.24. The van der Waals surface area contributed by atoms with Gasteiger partial charge in [-0.1, -0.05) is 42.8 Å². The second kappa shape index (κ2) is 4.43. The lowest BCUT2D eigenvalue weighted by molar-refractivity contribution is 0.184. The molecule has 0 aliphatic rings. The van der Waals surface area contributed by atoms with Gasteiger partial charge in [0.05, 0.1) is 6.61 Å². The highest BCUT2D eigenvalue weighted by atomic mass is 16.3. The van der Waals surface area contributed by atoms with Crippen LogP contribution in [0.4, 0.5) is 0 Å². The van der Waals surface area contributed by atoms with Gasteiger partial charge in [-0.2, -0.15) is 0 Å². The van der Waals surface area contributed by atoms with Crippen LogP contribution in [0.15, 0.2) is 36.9 Å². The van der Waals surface area contributed by atoms with Crippen LogP contribution >= 0.6 is 0 Å². The Balaban J connectivity index is 2.82. The highest BCUT2D eigenvalue weighted by Gasteiger charge is 2.19. The number of hydrogen-bond donors (Lipinski definition) is 1. The van der Waals surface area contributed by atoms with Gasteiger partial charge in [0.2, 0.25) is 0 Å². The van der Waals surface area contributed by atoms with Crippen LogP contribution in [-0.2, 0) is 6.42 Å². The normalized spacial score (nSPS) is 14.8. The third-order valence-electron chi connectivity index (χ3n) is 2.54. The Labute approximate surface area is 86.1 Å². The van der Waals surface area contributed by atoms with E-state index in [2.05, 4.69) is 31.7 Å². The topological polar surface area (TPSA) is 20.2 Å². The number of rotatable bonds is 4. The van der Waals surface area contributed by atoms with Crippen LogP contribution in [0, 0.1) is 12.3 Å². The van der Waals surface area contributed by atoms with Crippen LogP contribution in [0.5, 0.6) is 0 Å². The molecule has 1 heteroatoms. The maximum Gasteiger partial charge on any atom is 0.0522 e. The number of aryl methyl sites for hydroxylation is 1. The first-order chi connectivity index (χ1) is 6.59. The Kier molecular flexibility index (Phi) is 3.48. The van der Waals surface area contributed by atoms with Gasteiger partial charge in [0, 0.05) is 5.41 Å². The Bertz CT molecular complexity index is 317. The predicted octanol–water partition coefficient (Wildman–Crippen LogP) is 2.72. The molecule has 0 radical (unpaired) electrons. The fourth-order valence-corrected chi connectivity index (χ4v) is 1.48. The Morgan fingerprint density at radius 1 is 1.50 bits per heavy atom. The Hall–Kier alpha value is -1.08. The lowest BCUT2D eigenvalue weighted by atomic mass is 9.84. The lowest BCUT2D eigenvalue weighted by Crippen LogP contribution is -2.21. The molecule has 0 fully saturated rings. The van der Waals surface area contributed by atoms with Gasteiger partial charge in [-0.05, 0) is 18.9 Å². The van der Waals surface area contributed by atoms with E-state index in [1.54, 1.807) is 0 Å². The predicted molar refractivity (Wildman–Crippen MR) is 60.3 cm³/mol. The molecule has 0 aliphatic carbocycles. The van der Waals surface area contributed by atoms with Crippen LogP contribution in [-0.4, -0.2) is 11.7 Å². The summed E-state index contributed by atoms with van der Waals surface area (Å²) in [6, 6.07) is 8.36. The summed E-state index contributed by atoms with van der Waals surface area (Å²) in [7, 11) is 0. The van der Waals surface area contributed by atoms with Crippen molar-refractivity contribution >= 4 is 0 Å². The molecule has 76 valence electrons. The van der Waals surface area contributed by atoms with Gasteiger partial charge in [-0.3, -0.25) is 0 Å². The largest absolute Gasteiger partial charge is 0.395 e. The second-order valence-electron chi connectivity index (χ2n) is 4.18. The summed E-state index contributed by atoms with van der Waals surface area (Å²) >= 11 is 0. The minimum absolute atomic E-state index is 0.143. The van der Waals surface area contributed by atoms with Crippen LogP contribution in [0.25, 0.3) is 0 Å². The molecular weight excluding hydrogens is 172 g/mol. The molecule has 0 saturated heterocycles. The van der Waals surface area contributed by atoms with Crippen molar-refractivity contribution in [2.75, 3.05) is 6.61 Å². The second-order valence-corrected chi connectivity index (χ2v) is 4.18. The van der Waals surface area contributed by atoms with E-state index in [1.807, 2.05) is 19.1 Å². The van der Waals surface area contributed by atoms with E-state index in [4.69, 9.17) is 0 Å². The SMILES string of the molecule is C=CC(C)(CO)Cc1cccc(C)c1. The van der Waals surface area contributed by atoms with Gasteiger partial charge in [0.15, 0.2) is 0 Å². The molecule has 1 aromatic carbocycles. The summed E-state index contributed by atoms with van der Waals surface area (Å²) in [6.45, 7) is 8.00. The number of hydrogen-bond acceptors (Lipinski definition) is 1. The average Bonchev–Trinajstić information content (AvgIpc) is 2.18. The summed E-state index contributed by atoms with van der Waals surface area (Å²) in [4.78, 5) is 0. The van der Waals surface area contributed by atoms with Crippen molar-refractivity contribution in [2.45, 2.75) is 20.3 Å². The van der Waals surface area contributed by atoms with Crippen molar-refractivity contribution < 1.29 is 5.11 Å². The molecule has 0 bridgehead atoms. The van der Waals surface area contributed by atoms with E-state index in [9.17, 15) is 5.11 Å². The van der Waals surface area contributed by atoms with E-state index in [0.717, 1.165) is 6.42 Å². The van der Waals surface area contributed by atoms with Gasteiger partial charge in [-0.15, -0.1) is 6.58 Å². The Morgan fingerprint density at radius 3 is 2.71 bits per heavy atom. The number of benzene rings is 1. The van der Waals surface area contributed by atoms with Crippen molar-refractivity contribution in [3.8, 4) is 0 Å². The molecule has 14 heavy (non-hydrogen) atoms. The van der Waals surface area contributed by atoms with Crippen molar-refractivity contribution in [2.24, 2.45) is 5.41 Å². The molecule has 1 nitrogen and oxygen atoms in total. The summed E-state index contributed by atoms with van der Waals surface area (Å²) in [5, 5.41) is 9.24. The zero-order valence-corrected chi connectivity index (χ0v) is 8.96. The van der Waals surface area contributed by atoms with Crippen molar-refractivity contribution in [3.05, 3.63) is 48.0 Å². The van der Waals surface area contributed by atoms with Crippen molar-refractivity contribution in [3.63, 3.8) is 0 Å². The van der Waals surface area contributed by atoms with E-state index in [0.29, 0.717) is 0 Å². The molecule has 0 saturated carbocycles. The van der Waals surface area contributed by atoms with Crippen LogP contribution in [0.1, 0.15) is 18.1 Å². The molecule has 1 aromatic rings. The quantitative estimate of drug-likeness (QED) is 0.724. The summed E-state index contributed by atoms with van der Waals surface area (Å²) in [6.07, 6.45) is 2.67. The molecule has 0 spiro atoms. The Morgan fingerprint density at radius 2 is 2.21 bits per heavy atom. The fraction of sp³-hybridized carbons (Fsp3) is 0.385. The minimum atomic E-state index is -0.201. The first-order valence-corrected chi connectivity index (χ1v) is 4.90. The molecule has 1 unspecified atom stereocenters. The van der Waals surface area contributed by atoms with E-state index in [-0.39, 0.29) is 12.0 Å². The monoisotopic (exact) mass is 190 g/mol. The third kappa shape index (κ3) is 2.71. The third-order valence-corrected chi connectivity index (χ3v) is 2.54. The van der Waals surface area contributed by atoms with E-state index in [1.165, 1.54) is 11.1 Å². The molecule has 0 aliphatic heterocycles. The number of aliphatic hydroxyl groups excluding tert-OH is 1. The zero-order chi connectivity index (χ0) is 10.6. The summed E-state index contributed by atoms with van der Waals surface area (Å²) < 4.78 is 0. The van der Waals surface area contributed by atoms with Gasteiger partial charge in [-0.25, -0.2) is 0 Å². The first kappa shape index (κ1) is 11.0. The maximum absolute atomic E-state index is 9.24. The van der Waals surface area contributed by atoms with E-state index >= 15 is 0 Å². The molecule has 0 aromatic heterocycles. The minimum Gasteiger partial charge on any atom is -0.395 e. The maximum atomic E-state index is 9.24. The molecule has 1 atom stereocenters. The fourth-order valence-electron chi connectivity index (χ4n) is 1.48. The smallest absolute Gasteiger partial charge is 0.0522 e. The summed E-state index contributed by atoms with van der Waals surface area (Å²) in [5.41, 5.74) is 2.31. The van der Waals surface area contributed by atoms with Crippen molar-refractivity contribution in [1.29, 1.82) is 0 Å². The van der Waals surface area contributed by atoms with Gasteiger partial charge >= 0.3 is 0 Å². The van der Waals surface area contributed by atoms with Gasteiger partial charge < -0.3 is 5.11 Å². The van der Waals surface area contributed by atoms with Crippen molar-refractivity contribution in [1.82, 2.24) is 0 Å². The zero-order valence-electron chi connectivity index (χ0n) is 8.96. The average molecular weight is 190 g/mol. The summed E-state index contributed by atoms with van der Waals surface area (Å²) in [5.74, 6) is 0. The molecule has 0 heterocycles. The lowest BCUT2D eigenvalue weighted by Gasteiger charge is -2.22. The molecule has 0 amide bonds. The van der Waals surface area contributed by atoms with Crippen LogP contribution in [0.3, 0.4) is 0 Å². The van der Waals surface area contributed by atoms with E-state index < -0.39 is 0 Å². The van der Waals surface area contributed by atoms with Gasteiger partial charge in [0.25, 0.3) is 0 Å². The first-order valence-electron chi connectivity index (χ1n) is 4.90. The van der Waals surface area contributed by atoms with Crippen LogP contribution < -0.4 is 0 Å². The van der Waals surface area contributed by atoms with Gasteiger partial charge in [0.1, 0.15) is 0 Å². The standard InChI is InChI=1S/C13H18O/c1-4-13(3,10-14)9-12-7-5-6-11(2)8-12/h4-8,14H,1,9-10H2,2-3H3. The number of aliphatic hydroxyl groups is 1.